The Kier molecular flexibility index (Phi) is 10.1. The highest BCUT2D eigenvalue weighted by Crippen LogP contribution is 2.23. The molecule has 1 aliphatic heterocycles. The van der Waals surface area contributed by atoms with Gasteiger partial charge in [0.2, 0.25) is 0 Å². The third-order valence-electron chi connectivity index (χ3n) is 5.05. The van der Waals surface area contributed by atoms with Gasteiger partial charge in [0.05, 0.1) is 4.34 Å². The fourth-order valence-corrected chi connectivity index (χ4v) is 4.28. The zero-order valence-electron chi connectivity index (χ0n) is 17.4. The van der Waals surface area contributed by atoms with Gasteiger partial charge in [-0.25, -0.2) is 4.99 Å². The molecule has 0 radical (unpaired) electrons. The van der Waals surface area contributed by atoms with Gasteiger partial charge in [-0.2, -0.15) is 0 Å². The topological polar surface area (TPSA) is 61.6 Å². The predicted octanol–water partition coefficient (Wildman–Crippen LogP) is 3.52. The standard InChI is InChI=1S/C19H30ClN7S.HI/c1-4-5-8-21-19(22-13-18-24-23-15(2)25(18)3)27-11-9-26(10-12-27)14-16-6-7-17(20)28-16;/h6-7H,4-5,8-14H2,1-3H3,(H,21,22);1H. The first-order valence-corrected chi connectivity index (χ1v) is 11.1. The molecule has 0 aromatic carbocycles. The van der Waals surface area contributed by atoms with E-state index in [9.17, 15) is 0 Å². The van der Waals surface area contributed by atoms with Crippen LogP contribution in [0.3, 0.4) is 0 Å². The van der Waals surface area contributed by atoms with Crippen molar-refractivity contribution in [3.8, 4) is 0 Å². The van der Waals surface area contributed by atoms with E-state index in [-0.39, 0.29) is 24.0 Å². The van der Waals surface area contributed by atoms with E-state index in [1.54, 1.807) is 11.3 Å². The monoisotopic (exact) mass is 551 g/mol. The number of aliphatic imine (C=N–C) groups is 1. The maximum Gasteiger partial charge on any atom is 0.194 e. The Morgan fingerprint density at radius 1 is 1.24 bits per heavy atom. The van der Waals surface area contributed by atoms with E-state index in [1.807, 2.05) is 24.6 Å². The molecule has 0 unspecified atom stereocenters. The van der Waals surface area contributed by atoms with Crippen LogP contribution >= 0.6 is 46.9 Å². The van der Waals surface area contributed by atoms with Gasteiger partial charge in [-0.05, 0) is 25.5 Å². The fourth-order valence-electron chi connectivity index (χ4n) is 3.15. The van der Waals surface area contributed by atoms with Gasteiger partial charge >= 0.3 is 0 Å². The normalized spacial score (nSPS) is 15.4. The molecule has 0 atom stereocenters. The first-order chi connectivity index (χ1) is 13.6. The summed E-state index contributed by atoms with van der Waals surface area (Å²) in [5.74, 6) is 2.78. The second-order valence-electron chi connectivity index (χ2n) is 7.11. The van der Waals surface area contributed by atoms with Crippen molar-refractivity contribution in [2.75, 3.05) is 32.7 Å². The first kappa shape index (κ1) is 24.4. The summed E-state index contributed by atoms with van der Waals surface area (Å²) in [4.78, 5) is 11.0. The molecule has 1 N–H and O–H groups in total. The molecule has 29 heavy (non-hydrogen) atoms. The summed E-state index contributed by atoms with van der Waals surface area (Å²) in [6.45, 7) is 10.6. The van der Waals surface area contributed by atoms with Crippen LogP contribution in [0.4, 0.5) is 0 Å². The first-order valence-electron chi connectivity index (χ1n) is 9.91. The van der Waals surface area contributed by atoms with E-state index >= 15 is 0 Å². The molecule has 0 bridgehead atoms. The number of guanidine groups is 1. The van der Waals surface area contributed by atoms with Crippen molar-refractivity contribution < 1.29 is 0 Å². The molecule has 0 amide bonds. The molecule has 0 aliphatic carbocycles. The second-order valence-corrected chi connectivity index (χ2v) is 8.91. The van der Waals surface area contributed by atoms with Gasteiger partial charge in [-0.3, -0.25) is 4.90 Å². The largest absolute Gasteiger partial charge is 0.356 e. The van der Waals surface area contributed by atoms with Crippen LogP contribution in [0.25, 0.3) is 0 Å². The lowest BCUT2D eigenvalue weighted by molar-refractivity contribution is 0.173. The summed E-state index contributed by atoms with van der Waals surface area (Å²) < 4.78 is 2.86. The highest BCUT2D eigenvalue weighted by Gasteiger charge is 2.20. The van der Waals surface area contributed by atoms with Crippen LogP contribution in [0.1, 0.15) is 36.3 Å². The maximum absolute atomic E-state index is 6.06. The Labute approximate surface area is 199 Å². The van der Waals surface area contributed by atoms with E-state index in [1.165, 1.54) is 11.3 Å². The minimum Gasteiger partial charge on any atom is -0.356 e. The van der Waals surface area contributed by atoms with Crippen molar-refractivity contribution in [2.24, 2.45) is 12.0 Å². The van der Waals surface area contributed by atoms with Crippen molar-refractivity contribution in [3.63, 3.8) is 0 Å². The summed E-state index contributed by atoms with van der Waals surface area (Å²) in [5, 5.41) is 11.9. The number of hydrogen-bond donors (Lipinski definition) is 1. The number of nitrogens with zero attached hydrogens (tertiary/aromatic N) is 6. The number of piperazine rings is 1. The number of rotatable bonds is 7. The second kappa shape index (κ2) is 12.1. The van der Waals surface area contributed by atoms with Crippen molar-refractivity contribution >= 4 is 52.9 Å². The van der Waals surface area contributed by atoms with Crippen LogP contribution in [0.5, 0.6) is 0 Å². The van der Waals surface area contributed by atoms with E-state index in [0.717, 1.165) is 67.6 Å². The van der Waals surface area contributed by atoms with Crippen LogP contribution in [-0.4, -0.2) is 63.2 Å². The summed E-state index contributed by atoms with van der Waals surface area (Å²) in [6, 6.07) is 4.11. The van der Waals surface area contributed by atoms with Gasteiger partial charge < -0.3 is 14.8 Å². The van der Waals surface area contributed by atoms with Gasteiger partial charge in [0.15, 0.2) is 11.8 Å². The average molecular weight is 552 g/mol. The Morgan fingerprint density at radius 2 is 2.00 bits per heavy atom. The van der Waals surface area contributed by atoms with Crippen molar-refractivity contribution in [2.45, 2.75) is 39.8 Å². The van der Waals surface area contributed by atoms with E-state index < -0.39 is 0 Å². The minimum absolute atomic E-state index is 0. The quantitative estimate of drug-likeness (QED) is 0.247. The predicted molar refractivity (Wildman–Crippen MR) is 131 cm³/mol. The smallest absolute Gasteiger partial charge is 0.194 e. The van der Waals surface area contributed by atoms with Crippen LogP contribution in [0.2, 0.25) is 4.34 Å². The number of nitrogens with one attached hydrogen (secondary N) is 1. The third kappa shape index (κ3) is 7.08. The highest BCUT2D eigenvalue weighted by molar-refractivity contribution is 14.0. The molecule has 0 spiro atoms. The molecule has 2 aromatic rings. The number of hydrogen-bond acceptors (Lipinski definition) is 5. The lowest BCUT2D eigenvalue weighted by Gasteiger charge is -2.36. The van der Waals surface area contributed by atoms with E-state index in [4.69, 9.17) is 16.6 Å². The molecule has 162 valence electrons. The summed E-state index contributed by atoms with van der Waals surface area (Å²) in [7, 11) is 1.99. The number of halogens is 2. The van der Waals surface area contributed by atoms with Crippen LogP contribution in [0, 0.1) is 6.92 Å². The van der Waals surface area contributed by atoms with E-state index in [0.29, 0.717) is 6.54 Å². The Hall–Kier alpha value is -0.910. The molecule has 3 rings (SSSR count). The van der Waals surface area contributed by atoms with Gasteiger partial charge in [0, 0.05) is 51.2 Å². The molecule has 2 aromatic heterocycles. The van der Waals surface area contributed by atoms with Crippen LogP contribution in [0.15, 0.2) is 17.1 Å². The molecular weight excluding hydrogens is 521 g/mol. The molecule has 3 heterocycles. The van der Waals surface area contributed by atoms with Crippen molar-refractivity contribution in [1.82, 2.24) is 29.9 Å². The third-order valence-corrected chi connectivity index (χ3v) is 6.26. The maximum atomic E-state index is 6.06. The minimum atomic E-state index is 0. The van der Waals surface area contributed by atoms with Gasteiger partial charge in [0.25, 0.3) is 0 Å². The lowest BCUT2D eigenvalue weighted by Crippen LogP contribution is -2.52. The van der Waals surface area contributed by atoms with Gasteiger partial charge in [0.1, 0.15) is 12.4 Å². The molecule has 10 heteroatoms. The lowest BCUT2D eigenvalue weighted by atomic mass is 10.3. The average Bonchev–Trinajstić information content (AvgIpc) is 3.24. The van der Waals surface area contributed by atoms with Crippen LogP contribution in [-0.2, 0) is 20.1 Å². The molecule has 1 aliphatic rings. The highest BCUT2D eigenvalue weighted by atomic mass is 127. The number of aryl methyl sites for hydroxylation is 1. The van der Waals surface area contributed by atoms with Gasteiger partial charge in [-0.1, -0.05) is 24.9 Å². The molecule has 1 fully saturated rings. The fraction of sp³-hybridized carbons (Fsp3) is 0.632. The molecule has 0 saturated carbocycles. The molecular formula is C19H31ClIN7S. The van der Waals surface area contributed by atoms with Crippen LogP contribution < -0.4 is 5.32 Å². The Bertz CT molecular complexity index is 783. The summed E-state index contributed by atoms with van der Waals surface area (Å²) in [6.07, 6.45) is 2.31. The summed E-state index contributed by atoms with van der Waals surface area (Å²) in [5.41, 5.74) is 0. The molecule has 7 nitrogen and oxygen atoms in total. The summed E-state index contributed by atoms with van der Waals surface area (Å²) >= 11 is 7.73. The Morgan fingerprint density at radius 3 is 2.59 bits per heavy atom. The van der Waals surface area contributed by atoms with Crippen molar-refractivity contribution in [1.29, 1.82) is 0 Å². The van der Waals surface area contributed by atoms with E-state index in [2.05, 4.69) is 38.3 Å². The zero-order valence-corrected chi connectivity index (χ0v) is 21.3. The number of unbranched alkanes of at least 4 members (excludes halogenated alkanes) is 1. The van der Waals surface area contributed by atoms with Crippen molar-refractivity contribution in [3.05, 3.63) is 33.0 Å². The number of aromatic nitrogens is 3. The SMILES string of the molecule is CCCCNC(=NCc1nnc(C)n1C)N1CCN(Cc2ccc(Cl)s2)CC1.I. The zero-order chi connectivity index (χ0) is 19.9. The number of thiophene rings is 1. The Balaban J connectivity index is 0.00000300. The molecule has 1 saturated heterocycles. The van der Waals surface area contributed by atoms with Gasteiger partial charge in [-0.15, -0.1) is 45.5 Å².